The van der Waals surface area contributed by atoms with Crippen LogP contribution in [0.2, 0.25) is 0 Å². The Hall–Kier alpha value is -0.600. The highest BCUT2D eigenvalue weighted by Crippen LogP contribution is 2.13. The predicted octanol–water partition coefficient (Wildman–Crippen LogP) is 6.42. The standard InChI is InChI=1S/C22H44N2O2S/c1-3-5-7-9-11-13-15-17-20-24(27(25,26)22-19-23)21-18-16-14-12-10-8-6-4-2/h3-18,20-22H2,1-2H3. The number of sulfonamides is 1. The fraction of sp³-hybridized carbons (Fsp3) is 0.955. The molecule has 0 bridgehead atoms. The van der Waals surface area contributed by atoms with Crippen LogP contribution in [0.4, 0.5) is 0 Å². The van der Waals surface area contributed by atoms with Crippen LogP contribution in [-0.2, 0) is 10.0 Å². The molecule has 0 saturated heterocycles. The molecular formula is C22H44N2O2S. The summed E-state index contributed by atoms with van der Waals surface area (Å²) in [5, 5.41) is 8.82. The van der Waals surface area contributed by atoms with Gasteiger partial charge < -0.3 is 0 Å². The van der Waals surface area contributed by atoms with Crippen LogP contribution in [0.15, 0.2) is 0 Å². The Balaban J connectivity index is 4.01. The molecular weight excluding hydrogens is 356 g/mol. The SMILES string of the molecule is CCCCCCCCCCN(CCCCCCCCCC)S(=O)(=O)CC#N. The first-order valence-electron chi connectivity index (χ1n) is 11.4. The van der Waals surface area contributed by atoms with E-state index in [2.05, 4.69) is 13.8 Å². The Labute approximate surface area is 169 Å². The highest BCUT2D eigenvalue weighted by atomic mass is 32.2. The van der Waals surface area contributed by atoms with E-state index < -0.39 is 10.0 Å². The molecule has 0 rings (SSSR count). The fourth-order valence-electron chi connectivity index (χ4n) is 3.41. The van der Waals surface area contributed by atoms with Crippen LogP contribution in [0, 0.1) is 11.3 Å². The molecule has 0 aromatic heterocycles. The summed E-state index contributed by atoms with van der Waals surface area (Å²) in [4.78, 5) is 0. The zero-order chi connectivity index (χ0) is 20.2. The monoisotopic (exact) mass is 400 g/mol. The molecule has 0 aliphatic rings. The minimum absolute atomic E-state index is 0.388. The second-order valence-corrected chi connectivity index (χ2v) is 9.73. The number of hydrogen-bond donors (Lipinski definition) is 0. The Kier molecular flexibility index (Phi) is 18.3. The first-order chi connectivity index (χ1) is 13.1. The summed E-state index contributed by atoms with van der Waals surface area (Å²) in [5.41, 5.74) is 0. The minimum Gasteiger partial charge on any atom is -0.211 e. The van der Waals surface area contributed by atoms with E-state index in [0.717, 1.165) is 25.7 Å². The van der Waals surface area contributed by atoms with Gasteiger partial charge in [0.05, 0.1) is 6.07 Å². The van der Waals surface area contributed by atoms with Gasteiger partial charge in [-0.1, -0.05) is 104 Å². The van der Waals surface area contributed by atoms with Crippen LogP contribution in [0.5, 0.6) is 0 Å². The summed E-state index contributed by atoms with van der Waals surface area (Å²) in [5.74, 6) is -0.388. The molecule has 4 nitrogen and oxygen atoms in total. The van der Waals surface area contributed by atoms with Gasteiger partial charge in [-0.15, -0.1) is 0 Å². The van der Waals surface area contributed by atoms with E-state index >= 15 is 0 Å². The number of hydrogen-bond acceptors (Lipinski definition) is 3. The highest BCUT2D eigenvalue weighted by Gasteiger charge is 2.20. The average Bonchev–Trinajstić information content (AvgIpc) is 2.64. The molecule has 0 radical (unpaired) electrons. The van der Waals surface area contributed by atoms with Gasteiger partial charge in [0.25, 0.3) is 0 Å². The van der Waals surface area contributed by atoms with Crippen LogP contribution in [0.25, 0.3) is 0 Å². The van der Waals surface area contributed by atoms with Crippen LogP contribution in [-0.4, -0.2) is 31.6 Å². The smallest absolute Gasteiger partial charge is 0.211 e. The topological polar surface area (TPSA) is 61.2 Å². The molecule has 0 aromatic carbocycles. The second-order valence-electron chi connectivity index (χ2n) is 7.76. The molecule has 0 unspecified atom stereocenters. The van der Waals surface area contributed by atoms with E-state index in [-0.39, 0.29) is 5.75 Å². The molecule has 0 amide bonds. The third-order valence-corrected chi connectivity index (χ3v) is 6.81. The first-order valence-corrected chi connectivity index (χ1v) is 13.0. The van der Waals surface area contributed by atoms with Crippen molar-refractivity contribution in [3.63, 3.8) is 0 Å². The summed E-state index contributed by atoms with van der Waals surface area (Å²) >= 11 is 0. The van der Waals surface area contributed by atoms with E-state index in [4.69, 9.17) is 5.26 Å². The summed E-state index contributed by atoms with van der Waals surface area (Å²) < 4.78 is 26.2. The lowest BCUT2D eigenvalue weighted by atomic mass is 10.1. The van der Waals surface area contributed by atoms with Gasteiger partial charge in [0.1, 0.15) is 0 Å². The van der Waals surface area contributed by atoms with Crippen molar-refractivity contribution in [1.29, 1.82) is 5.26 Å². The quantitative estimate of drug-likeness (QED) is 0.221. The fourth-order valence-corrected chi connectivity index (χ4v) is 4.57. The number of nitriles is 1. The maximum absolute atomic E-state index is 12.3. The third-order valence-electron chi connectivity index (χ3n) is 5.16. The summed E-state index contributed by atoms with van der Waals surface area (Å²) in [6.07, 6.45) is 19.3. The molecule has 160 valence electrons. The maximum Gasteiger partial charge on any atom is 0.227 e. The molecule has 27 heavy (non-hydrogen) atoms. The zero-order valence-electron chi connectivity index (χ0n) is 18.1. The van der Waals surface area contributed by atoms with Gasteiger partial charge in [0, 0.05) is 13.1 Å². The van der Waals surface area contributed by atoms with E-state index in [1.54, 1.807) is 4.31 Å². The number of rotatable bonds is 20. The zero-order valence-corrected chi connectivity index (χ0v) is 18.9. The molecule has 0 aliphatic heterocycles. The Morgan fingerprint density at radius 2 is 0.963 bits per heavy atom. The van der Waals surface area contributed by atoms with Crippen molar-refractivity contribution in [3.05, 3.63) is 0 Å². The average molecular weight is 401 g/mol. The summed E-state index contributed by atoms with van der Waals surface area (Å²) in [6.45, 7) is 5.61. The van der Waals surface area contributed by atoms with Gasteiger partial charge in [0.2, 0.25) is 10.0 Å². The van der Waals surface area contributed by atoms with Crippen molar-refractivity contribution in [2.45, 2.75) is 117 Å². The van der Waals surface area contributed by atoms with E-state index in [1.807, 2.05) is 6.07 Å². The number of nitrogens with zero attached hydrogens (tertiary/aromatic N) is 2. The third kappa shape index (κ3) is 16.1. The van der Waals surface area contributed by atoms with Crippen molar-refractivity contribution in [2.24, 2.45) is 0 Å². The normalized spacial score (nSPS) is 11.8. The Morgan fingerprint density at radius 1 is 0.630 bits per heavy atom. The molecule has 0 N–H and O–H groups in total. The molecule has 0 fully saturated rings. The Bertz CT molecular complexity index is 437. The van der Waals surface area contributed by atoms with Crippen molar-refractivity contribution >= 4 is 10.0 Å². The van der Waals surface area contributed by atoms with E-state index in [0.29, 0.717) is 13.1 Å². The molecule has 0 atom stereocenters. The molecule has 0 heterocycles. The lowest BCUT2D eigenvalue weighted by molar-refractivity contribution is 0.384. The Morgan fingerprint density at radius 3 is 1.30 bits per heavy atom. The van der Waals surface area contributed by atoms with Crippen molar-refractivity contribution in [1.82, 2.24) is 4.31 Å². The maximum atomic E-state index is 12.3. The van der Waals surface area contributed by atoms with E-state index in [1.165, 1.54) is 77.0 Å². The van der Waals surface area contributed by atoms with Crippen LogP contribution in [0.3, 0.4) is 0 Å². The van der Waals surface area contributed by atoms with Crippen LogP contribution >= 0.6 is 0 Å². The predicted molar refractivity (Wildman–Crippen MR) is 116 cm³/mol. The minimum atomic E-state index is -3.41. The van der Waals surface area contributed by atoms with Crippen molar-refractivity contribution in [2.75, 3.05) is 18.8 Å². The summed E-state index contributed by atoms with van der Waals surface area (Å²) in [7, 11) is -3.41. The molecule has 0 aliphatic carbocycles. The summed E-state index contributed by atoms with van der Waals surface area (Å²) in [6, 6.07) is 1.82. The lowest BCUT2D eigenvalue weighted by Gasteiger charge is -2.20. The van der Waals surface area contributed by atoms with Gasteiger partial charge in [-0.2, -0.15) is 5.26 Å². The van der Waals surface area contributed by atoms with Crippen LogP contribution in [0.1, 0.15) is 117 Å². The van der Waals surface area contributed by atoms with E-state index in [9.17, 15) is 8.42 Å². The molecule has 0 spiro atoms. The van der Waals surface area contributed by atoms with Crippen LogP contribution < -0.4 is 0 Å². The molecule has 0 aromatic rings. The second kappa shape index (κ2) is 18.7. The van der Waals surface area contributed by atoms with Gasteiger partial charge >= 0.3 is 0 Å². The largest absolute Gasteiger partial charge is 0.227 e. The highest BCUT2D eigenvalue weighted by molar-refractivity contribution is 7.89. The lowest BCUT2D eigenvalue weighted by Crippen LogP contribution is -2.34. The van der Waals surface area contributed by atoms with Gasteiger partial charge in [-0.3, -0.25) is 0 Å². The first kappa shape index (κ1) is 26.4. The van der Waals surface area contributed by atoms with Gasteiger partial charge in [-0.25, -0.2) is 12.7 Å². The van der Waals surface area contributed by atoms with Gasteiger partial charge in [-0.05, 0) is 12.8 Å². The molecule has 0 saturated carbocycles. The van der Waals surface area contributed by atoms with Crippen molar-refractivity contribution in [3.8, 4) is 6.07 Å². The van der Waals surface area contributed by atoms with Gasteiger partial charge in [0.15, 0.2) is 5.75 Å². The number of unbranched alkanes of at least 4 members (excludes halogenated alkanes) is 14. The van der Waals surface area contributed by atoms with Crippen molar-refractivity contribution < 1.29 is 8.42 Å². The molecule has 5 heteroatoms.